The first-order valence-electron chi connectivity index (χ1n) is 5.71. The Labute approximate surface area is 97.0 Å². The second kappa shape index (κ2) is 7.97. The molecule has 5 heteroatoms. The quantitative estimate of drug-likeness (QED) is 0.482. The fraction of sp³-hybridized carbons (Fsp3) is 1.00. The van der Waals surface area contributed by atoms with E-state index in [9.17, 15) is 0 Å². The Bertz CT molecular complexity index is 156. The van der Waals surface area contributed by atoms with Crippen LogP contribution in [-0.2, 0) is 23.7 Å². The van der Waals surface area contributed by atoms with E-state index < -0.39 is 0 Å². The normalized spacial score (nSPS) is 27.9. The van der Waals surface area contributed by atoms with Gasteiger partial charge in [0.1, 0.15) is 12.2 Å². The van der Waals surface area contributed by atoms with Gasteiger partial charge in [-0.3, -0.25) is 0 Å². The molecule has 2 rings (SSSR count). The zero-order valence-corrected chi connectivity index (χ0v) is 10.3. The van der Waals surface area contributed by atoms with E-state index in [1.807, 2.05) is 13.8 Å². The molecule has 0 spiro atoms. The highest BCUT2D eigenvalue weighted by atomic mass is 16.7. The van der Waals surface area contributed by atoms with Gasteiger partial charge in [-0.25, -0.2) is 0 Å². The van der Waals surface area contributed by atoms with E-state index in [2.05, 4.69) is 0 Å². The van der Waals surface area contributed by atoms with Crippen LogP contribution in [-0.4, -0.2) is 58.6 Å². The molecule has 0 amide bonds. The van der Waals surface area contributed by atoms with E-state index in [4.69, 9.17) is 23.7 Å². The Balaban J connectivity index is 0.000000168. The third kappa shape index (κ3) is 8.01. The van der Waals surface area contributed by atoms with Gasteiger partial charge in [0.25, 0.3) is 0 Å². The number of epoxide rings is 2. The Kier molecular flexibility index (Phi) is 6.91. The van der Waals surface area contributed by atoms with Gasteiger partial charge in [0.05, 0.1) is 26.4 Å². The molecule has 2 aliphatic heterocycles. The van der Waals surface area contributed by atoms with Crippen molar-refractivity contribution in [1.82, 2.24) is 0 Å². The Morgan fingerprint density at radius 2 is 1.69 bits per heavy atom. The fourth-order valence-electron chi connectivity index (χ4n) is 0.962. The Morgan fingerprint density at radius 1 is 1.19 bits per heavy atom. The summed E-state index contributed by atoms with van der Waals surface area (Å²) in [6.45, 7) is 7.78. The number of rotatable bonds is 7. The van der Waals surface area contributed by atoms with Crippen LogP contribution in [0.25, 0.3) is 0 Å². The first kappa shape index (κ1) is 13.9. The SMILES string of the molecule is C(OCC1CO1)C1CO1.CCOC(C)OC. The van der Waals surface area contributed by atoms with E-state index in [1.54, 1.807) is 7.11 Å². The van der Waals surface area contributed by atoms with E-state index in [0.717, 1.165) is 33.0 Å². The van der Waals surface area contributed by atoms with Crippen molar-refractivity contribution in [3.05, 3.63) is 0 Å². The average molecular weight is 234 g/mol. The van der Waals surface area contributed by atoms with E-state index in [1.165, 1.54) is 0 Å². The number of methoxy groups -OCH3 is 1. The molecule has 2 saturated heterocycles. The molecule has 0 aromatic heterocycles. The Hall–Kier alpha value is -0.200. The van der Waals surface area contributed by atoms with E-state index in [0.29, 0.717) is 12.2 Å². The van der Waals surface area contributed by atoms with Crippen LogP contribution in [0.15, 0.2) is 0 Å². The number of hydrogen-bond donors (Lipinski definition) is 0. The van der Waals surface area contributed by atoms with Gasteiger partial charge in [-0.15, -0.1) is 0 Å². The van der Waals surface area contributed by atoms with Crippen molar-refractivity contribution in [3.63, 3.8) is 0 Å². The van der Waals surface area contributed by atoms with Gasteiger partial charge in [-0.2, -0.15) is 0 Å². The van der Waals surface area contributed by atoms with E-state index in [-0.39, 0.29) is 6.29 Å². The first-order chi connectivity index (χ1) is 7.76. The maximum Gasteiger partial charge on any atom is 0.154 e. The molecule has 5 nitrogen and oxygen atoms in total. The summed E-state index contributed by atoms with van der Waals surface area (Å²) >= 11 is 0. The molecule has 0 bridgehead atoms. The fourth-order valence-corrected chi connectivity index (χ4v) is 0.962. The van der Waals surface area contributed by atoms with Crippen molar-refractivity contribution in [2.24, 2.45) is 0 Å². The van der Waals surface area contributed by atoms with Crippen LogP contribution in [0.5, 0.6) is 0 Å². The van der Waals surface area contributed by atoms with Crippen LogP contribution in [0.2, 0.25) is 0 Å². The van der Waals surface area contributed by atoms with Crippen molar-refractivity contribution >= 4 is 0 Å². The molecule has 3 atom stereocenters. The van der Waals surface area contributed by atoms with Gasteiger partial charge >= 0.3 is 0 Å². The monoisotopic (exact) mass is 234 g/mol. The summed E-state index contributed by atoms with van der Waals surface area (Å²) in [5.41, 5.74) is 0. The van der Waals surface area contributed by atoms with Crippen LogP contribution in [0.3, 0.4) is 0 Å². The molecule has 0 saturated carbocycles. The van der Waals surface area contributed by atoms with Crippen LogP contribution in [0.1, 0.15) is 13.8 Å². The van der Waals surface area contributed by atoms with E-state index >= 15 is 0 Å². The molecule has 2 heterocycles. The molecule has 16 heavy (non-hydrogen) atoms. The van der Waals surface area contributed by atoms with Crippen molar-refractivity contribution in [2.45, 2.75) is 32.3 Å². The molecule has 0 N–H and O–H groups in total. The van der Waals surface area contributed by atoms with Crippen LogP contribution < -0.4 is 0 Å². The molecule has 3 unspecified atom stereocenters. The number of hydrogen-bond acceptors (Lipinski definition) is 5. The summed E-state index contributed by atoms with van der Waals surface area (Å²) in [5, 5.41) is 0. The highest BCUT2D eigenvalue weighted by Gasteiger charge is 2.26. The van der Waals surface area contributed by atoms with Crippen LogP contribution in [0.4, 0.5) is 0 Å². The minimum atomic E-state index is -0.0509. The predicted molar refractivity (Wildman–Crippen MR) is 58.4 cm³/mol. The van der Waals surface area contributed by atoms with Gasteiger partial charge in [0.15, 0.2) is 6.29 Å². The highest BCUT2D eigenvalue weighted by molar-refractivity contribution is 4.71. The number of ether oxygens (including phenoxy) is 5. The topological polar surface area (TPSA) is 52.8 Å². The second-order valence-electron chi connectivity index (χ2n) is 3.71. The molecule has 2 aliphatic rings. The van der Waals surface area contributed by atoms with Crippen molar-refractivity contribution in [3.8, 4) is 0 Å². The largest absolute Gasteiger partial charge is 0.376 e. The van der Waals surface area contributed by atoms with Gasteiger partial charge < -0.3 is 23.7 Å². The molecular formula is C11H22O5. The summed E-state index contributed by atoms with van der Waals surface area (Å²) in [6.07, 6.45) is 0.734. The molecule has 96 valence electrons. The van der Waals surface area contributed by atoms with Gasteiger partial charge in [0, 0.05) is 13.7 Å². The van der Waals surface area contributed by atoms with Gasteiger partial charge in [-0.05, 0) is 13.8 Å². The first-order valence-corrected chi connectivity index (χ1v) is 5.71. The minimum Gasteiger partial charge on any atom is -0.376 e. The third-order valence-electron chi connectivity index (χ3n) is 2.15. The Morgan fingerprint density at radius 3 is 1.94 bits per heavy atom. The minimum absolute atomic E-state index is 0.0509. The lowest BCUT2D eigenvalue weighted by Gasteiger charge is -2.06. The predicted octanol–water partition coefficient (Wildman–Crippen LogP) is 0.816. The summed E-state index contributed by atoms with van der Waals surface area (Å²) < 4.78 is 24.9. The summed E-state index contributed by atoms with van der Waals surface area (Å²) in [7, 11) is 1.63. The van der Waals surface area contributed by atoms with Crippen molar-refractivity contribution in [1.29, 1.82) is 0 Å². The maximum absolute atomic E-state index is 5.23. The molecule has 2 fully saturated rings. The lowest BCUT2D eigenvalue weighted by molar-refractivity contribution is -0.106. The lowest BCUT2D eigenvalue weighted by Crippen LogP contribution is -2.08. The molecular weight excluding hydrogens is 212 g/mol. The maximum atomic E-state index is 5.23. The van der Waals surface area contributed by atoms with Crippen LogP contribution in [0, 0.1) is 0 Å². The average Bonchev–Trinajstić information content (AvgIpc) is 3.13. The van der Waals surface area contributed by atoms with Crippen LogP contribution >= 0.6 is 0 Å². The zero-order chi connectivity index (χ0) is 11.8. The third-order valence-corrected chi connectivity index (χ3v) is 2.15. The smallest absolute Gasteiger partial charge is 0.154 e. The molecule has 0 aromatic carbocycles. The summed E-state index contributed by atoms with van der Waals surface area (Å²) in [5.74, 6) is 0. The molecule has 0 aromatic rings. The second-order valence-corrected chi connectivity index (χ2v) is 3.71. The molecule has 0 aliphatic carbocycles. The molecule has 0 radical (unpaired) electrons. The van der Waals surface area contributed by atoms with Gasteiger partial charge in [0.2, 0.25) is 0 Å². The lowest BCUT2D eigenvalue weighted by atomic mass is 10.5. The summed E-state index contributed by atoms with van der Waals surface area (Å²) in [6, 6.07) is 0. The highest BCUT2D eigenvalue weighted by Crippen LogP contribution is 2.12. The summed E-state index contributed by atoms with van der Waals surface area (Å²) in [4.78, 5) is 0. The van der Waals surface area contributed by atoms with Gasteiger partial charge in [-0.1, -0.05) is 0 Å². The van der Waals surface area contributed by atoms with Crippen molar-refractivity contribution < 1.29 is 23.7 Å². The standard InChI is InChI=1S/C6H10O3.C5H12O2/c1(5-3-8-5)7-2-6-4-9-6;1-4-7-5(2)6-3/h5-6H,1-4H2;5H,4H2,1-3H3. The van der Waals surface area contributed by atoms with Crippen molar-refractivity contribution in [2.75, 3.05) is 40.1 Å². The zero-order valence-electron chi connectivity index (χ0n) is 10.3.